The Hall–Kier alpha value is -4.02. The first-order chi connectivity index (χ1) is 28.4. The maximum Gasteiger partial charge on any atom is 0.223 e. The van der Waals surface area contributed by atoms with Gasteiger partial charge >= 0.3 is 0 Å². The van der Waals surface area contributed by atoms with Crippen LogP contribution in [-0.4, -0.2) is 91.7 Å². The number of anilines is 1. The van der Waals surface area contributed by atoms with Gasteiger partial charge in [-0.15, -0.1) is 0 Å². The van der Waals surface area contributed by atoms with E-state index in [1.165, 1.54) is 77.3 Å². The number of hydrogen-bond donors (Lipinski definition) is 1. The van der Waals surface area contributed by atoms with Crippen LogP contribution in [0.3, 0.4) is 0 Å². The van der Waals surface area contributed by atoms with Crippen molar-refractivity contribution in [3.8, 4) is 22.8 Å². The molecule has 6 atom stereocenters. The number of hydrogen-bond acceptors (Lipinski definition) is 8. The molecular weight excluding hydrogens is 721 g/mol. The van der Waals surface area contributed by atoms with Crippen LogP contribution in [0.1, 0.15) is 89.5 Å². The smallest absolute Gasteiger partial charge is 0.223 e. The summed E-state index contributed by atoms with van der Waals surface area (Å²) in [5, 5.41) is 6.03. The molecule has 10 heteroatoms. The van der Waals surface area contributed by atoms with Gasteiger partial charge in [-0.05, 0) is 160 Å². The van der Waals surface area contributed by atoms with Crippen LogP contribution in [0, 0.1) is 46.8 Å². The molecule has 58 heavy (non-hydrogen) atoms. The summed E-state index contributed by atoms with van der Waals surface area (Å²) in [6, 6.07) is 19.6. The molecule has 13 rings (SSSR count). The summed E-state index contributed by atoms with van der Waals surface area (Å²) in [7, 11) is 0. The zero-order valence-corrected chi connectivity index (χ0v) is 34.0. The van der Waals surface area contributed by atoms with Crippen LogP contribution >= 0.6 is 0 Å². The van der Waals surface area contributed by atoms with Crippen LogP contribution in [0.4, 0.5) is 5.82 Å². The van der Waals surface area contributed by atoms with Gasteiger partial charge in [-0.25, -0.2) is 14.6 Å². The molecule has 3 saturated heterocycles. The number of benzene rings is 2. The van der Waals surface area contributed by atoms with Gasteiger partial charge in [-0.3, -0.25) is 9.69 Å². The Labute approximate surface area is 342 Å². The first-order valence-corrected chi connectivity index (χ1v) is 23.0. The van der Waals surface area contributed by atoms with Gasteiger partial charge in [0.1, 0.15) is 29.3 Å². The predicted molar refractivity (Wildman–Crippen MR) is 225 cm³/mol. The van der Waals surface area contributed by atoms with Gasteiger partial charge in [0, 0.05) is 63.3 Å². The van der Waals surface area contributed by atoms with Crippen molar-refractivity contribution in [1.82, 2.24) is 34.4 Å². The van der Waals surface area contributed by atoms with Crippen LogP contribution in [0.2, 0.25) is 0 Å². The standard InChI is InChI=1S/C48H60N8O2/c49-46-44-45(33-6-8-42(9-7-33)58-41-4-2-1-3-5-41)52-56(47(44)51-29-50-46)38-10-12-53(13-11-38)39-17-34-25-54(26-35(34)18-39)40-19-36-27-55(28-37(36)20-40)43(57)24-48-21-30-14-31(22-48)16-32(15-30)23-48/h1-9,29-32,34-40H,10-28H2,(H2,49,50,51)/t30?,31?,32?,34-,35+,36-,37+,39?,40?,48?. The van der Waals surface area contributed by atoms with Gasteiger partial charge in [0.2, 0.25) is 5.91 Å². The zero-order chi connectivity index (χ0) is 38.5. The number of nitrogens with two attached hydrogens (primary N) is 1. The lowest BCUT2D eigenvalue weighted by Gasteiger charge is -2.57. The summed E-state index contributed by atoms with van der Waals surface area (Å²) >= 11 is 0. The van der Waals surface area contributed by atoms with Crippen molar-refractivity contribution in [2.75, 3.05) is 45.0 Å². The molecule has 5 heterocycles. The van der Waals surface area contributed by atoms with Crippen molar-refractivity contribution in [2.24, 2.45) is 46.8 Å². The number of carbonyl (C=O) groups excluding carboxylic acids is 1. The molecule has 0 radical (unpaired) electrons. The van der Waals surface area contributed by atoms with E-state index in [0.29, 0.717) is 23.2 Å². The van der Waals surface area contributed by atoms with E-state index in [4.69, 9.17) is 20.6 Å². The lowest BCUT2D eigenvalue weighted by molar-refractivity contribution is -0.138. The molecule has 4 aromatic rings. The number of aromatic nitrogens is 4. The Bertz CT molecular complexity index is 2100. The Kier molecular flexibility index (Phi) is 8.69. The summed E-state index contributed by atoms with van der Waals surface area (Å²) < 4.78 is 8.19. The third-order valence-corrected chi connectivity index (χ3v) is 17.0. The van der Waals surface area contributed by atoms with Crippen molar-refractivity contribution >= 4 is 22.8 Å². The Morgan fingerprint density at radius 1 is 0.690 bits per heavy atom. The van der Waals surface area contributed by atoms with E-state index in [1.54, 1.807) is 6.33 Å². The summed E-state index contributed by atoms with van der Waals surface area (Å²) in [6.45, 7) is 6.87. The molecule has 6 saturated carbocycles. The Morgan fingerprint density at radius 2 is 1.28 bits per heavy atom. The second-order valence-corrected chi connectivity index (χ2v) is 20.6. The van der Waals surface area contributed by atoms with Gasteiger partial charge in [0.15, 0.2) is 5.65 Å². The van der Waals surface area contributed by atoms with Crippen molar-refractivity contribution in [2.45, 2.75) is 102 Å². The van der Waals surface area contributed by atoms with Gasteiger partial charge in [-0.1, -0.05) is 18.2 Å². The number of nitrogen functional groups attached to an aromatic ring is 1. The highest BCUT2D eigenvalue weighted by Crippen LogP contribution is 2.61. The number of piperidine rings is 1. The first-order valence-electron chi connectivity index (χ1n) is 23.0. The average Bonchev–Trinajstić information content (AvgIpc) is 4.04. The third-order valence-electron chi connectivity index (χ3n) is 17.0. The van der Waals surface area contributed by atoms with E-state index in [-0.39, 0.29) is 6.04 Å². The third kappa shape index (κ3) is 6.34. The van der Waals surface area contributed by atoms with E-state index in [0.717, 1.165) is 127 Å². The van der Waals surface area contributed by atoms with Crippen molar-refractivity contribution in [1.29, 1.82) is 0 Å². The van der Waals surface area contributed by atoms with Gasteiger partial charge in [0.05, 0.1) is 11.4 Å². The van der Waals surface area contributed by atoms with Crippen LogP contribution in [0.25, 0.3) is 22.3 Å². The normalized spacial score (nSPS) is 35.9. The summed E-state index contributed by atoms with van der Waals surface area (Å²) in [4.78, 5) is 30.9. The van der Waals surface area contributed by atoms with E-state index in [9.17, 15) is 4.79 Å². The fraction of sp³-hybridized carbons (Fsp3) is 0.625. The molecule has 2 aromatic carbocycles. The highest BCUT2D eigenvalue weighted by Gasteiger charge is 2.53. The van der Waals surface area contributed by atoms with E-state index < -0.39 is 0 Å². The molecule has 9 fully saturated rings. The Balaban J connectivity index is 0.636. The molecule has 2 N–H and O–H groups in total. The minimum absolute atomic E-state index is 0.282. The van der Waals surface area contributed by atoms with E-state index in [1.807, 2.05) is 42.5 Å². The lowest BCUT2D eigenvalue weighted by Crippen LogP contribution is -2.48. The molecule has 1 amide bonds. The van der Waals surface area contributed by atoms with Crippen LogP contribution in [0.15, 0.2) is 60.9 Å². The SMILES string of the molecule is Nc1ncnc2c1c(-c1ccc(Oc3ccccc3)cc1)nn2C1CCN(C2C[C@@H]3CN(C4C[C@@H]5CN(C(=O)CC67CC8CC(CC(C8)C6)C7)C[C@@H]5C4)C[C@@H]3C2)CC1. The molecule has 2 aromatic heterocycles. The highest BCUT2D eigenvalue weighted by molar-refractivity contribution is 5.98. The molecule has 9 aliphatic rings. The molecule has 304 valence electrons. The number of rotatable bonds is 8. The van der Waals surface area contributed by atoms with Crippen molar-refractivity contribution in [3.63, 3.8) is 0 Å². The summed E-state index contributed by atoms with van der Waals surface area (Å²) in [6.07, 6.45) is 18.3. The second kappa shape index (κ2) is 14.0. The van der Waals surface area contributed by atoms with E-state index >= 15 is 0 Å². The molecule has 2 unspecified atom stereocenters. The summed E-state index contributed by atoms with van der Waals surface area (Å²) in [5.41, 5.74) is 9.51. The molecule has 10 nitrogen and oxygen atoms in total. The zero-order valence-electron chi connectivity index (χ0n) is 34.0. The quantitative estimate of drug-likeness (QED) is 0.192. The second-order valence-electron chi connectivity index (χ2n) is 20.6. The summed E-state index contributed by atoms with van der Waals surface area (Å²) in [5.74, 6) is 8.49. The number of para-hydroxylation sites is 1. The van der Waals surface area contributed by atoms with Crippen molar-refractivity contribution in [3.05, 3.63) is 60.9 Å². The average molecular weight is 781 g/mol. The first kappa shape index (κ1) is 35.9. The fourth-order valence-corrected chi connectivity index (χ4v) is 14.9. The topological polar surface area (TPSA) is 106 Å². The van der Waals surface area contributed by atoms with Crippen LogP contribution in [0.5, 0.6) is 11.5 Å². The maximum atomic E-state index is 13.7. The number of fused-ring (bicyclic) bond motifs is 3. The molecule has 3 aliphatic heterocycles. The van der Waals surface area contributed by atoms with Crippen LogP contribution < -0.4 is 10.5 Å². The Morgan fingerprint density at radius 3 is 1.91 bits per heavy atom. The molecule has 4 bridgehead atoms. The lowest BCUT2D eigenvalue weighted by atomic mass is 9.49. The largest absolute Gasteiger partial charge is 0.457 e. The van der Waals surface area contributed by atoms with Gasteiger partial charge in [0.25, 0.3) is 0 Å². The van der Waals surface area contributed by atoms with E-state index in [2.05, 4.69) is 36.5 Å². The monoisotopic (exact) mass is 780 g/mol. The minimum Gasteiger partial charge on any atom is -0.457 e. The van der Waals surface area contributed by atoms with Crippen molar-refractivity contribution < 1.29 is 9.53 Å². The number of carbonyl (C=O) groups is 1. The van der Waals surface area contributed by atoms with Gasteiger partial charge in [-0.2, -0.15) is 5.10 Å². The predicted octanol–water partition coefficient (Wildman–Crippen LogP) is 8.06. The number of ether oxygens (including phenoxy) is 1. The number of likely N-dealkylation sites (tertiary alicyclic amines) is 3. The van der Waals surface area contributed by atoms with Crippen LogP contribution in [-0.2, 0) is 4.79 Å². The maximum absolute atomic E-state index is 13.7. The number of amides is 1. The fourth-order valence-electron chi connectivity index (χ4n) is 14.9. The minimum atomic E-state index is 0.282. The number of nitrogens with zero attached hydrogens (tertiary/aromatic N) is 7. The highest BCUT2D eigenvalue weighted by atomic mass is 16.5. The van der Waals surface area contributed by atoms with Gasteiger partial charge < -0.3 is 20.3 Å². The molecule has 0 spiro atoms. The molecular formula is C48H60N8O2. The molecule has 6 aliphatic carbocycles.